The molecule has 3 nitrogen and oxygen atoms in total. The Labute approximate surface area is 130 Å². The van der Waals surface area contributed by atoms with Gasteiger partial charge in [-0.05, 0) is 50.0 Å². The van der Waals surface area contributed by atoms with E-state index in [1.807, 2.05) is 11.4 Å². The Kier molecular flexibility index (Phi) is 4.16. The average molecular weight is 304 g/mol. The van der Waals surface area contributed by atoms with Gasteiger partial charge in [0.1, 0.15) is 0 Å². The number of nitrogens with zero attached hydrogens (tertiary/aromatic N) is 1. The molecule has 3 atom stereocenters. The Hall–Kier alpha value is -1.16. The molecular weight excluding hydrogens is 280 g/mol. The van der Waals surface area contributed by atoms with E-state index in [0.717, 1.165) is 23.1 Å². The summed E-state index contributed by atoms with van der Waals surface area (Å²) in [4.78, 5) is 13.4. The van der Waals surface area contributed by atoms with Gasteiger partial charge in [-0.25, -0.2) is 5.43 Å². The lowest BCUT2D eigenvalue weighted by Gasteiger charge is -2.21. The maximum absolute atomic E-state index is 12.1. The van der Waals surface area contributed by atoms with Gasteiger partial charge in [-0.15, -0.1) is 11.3 Å². The number of hydrogen-bond acceptors (Lipinski definition) is 3. The molecule has 4 heteroatoms. The van der Waals surface area contributed by atoms with Crippen LogP contribution < -0.4 is 5.43 Å². The first-order valence-corrected chi connectivity index (χ1v) is 8.85. The highest BCUT2D eigenvalue weighted by Gasteiger charge is 2.40. The minimum atomic E-state index is -0.0827. The number of hydrazone groups is 1. The number of carbonyl (C=O) groups excluding carboxylic acids is 1. The quantitative estimate of drug-likeness (QED) is 0.649. The zero-order valence-electron chi connectivity index (χ0n) is 13.1. The van der Waals surface area contributed by atoms with Crippen LogP contribution in [-0.2, 0) is 0 Å². The topological polar surface area (TPSA) is 41.5 Å². The van der Waals surface area contributed by atoms with Gasteiger partial charge in [-0.1, -0.05) is 20.3 Å². The van der Waals surface area contributed by atoms with Crippen molar-refractivity contribution in [2.75, 3.05) is 0 Å². The van der Waals surface area contributed by atoms with Crippen molar-refractivity contribution in [3.8, 4) is 0 Å². The van der Waals surface area contributed by atoms with E-state index in [1.54, 1.807) is 11.3 Å². The fraction of sp³-hybridized carbons (Fsp3) is 0.647. The maximum atomic E-state index is 12.1. The molecule has 0 radical (unpaired) electrons. The van der Waals surface area contributed by atoms with Gasteiger partial charge in [0.05, 0.1) is 5.56 Å². The van der Waals surface area contributed by atoms with E-state index in [1.165, 1.54) is 30.6 Å². The molecule has 0 spiro atoms. The zero-order chi connectivity index (χ0) is 15.0. The third-order valence-corrected chi connectivity index (χ3v) is 6.29. The number of carbonyl (C=O) groups is 1. The van der Waals surface area contributed by atoms with Crippen molar-refractivity contribution in [1.82, 2.24) is 5.43 Å². The molecule has 2 aliphatic carbocycles. The van der Waals surface area contributed by atoms with Gasteiger partial charge in [0.25, 0.3) is 5.91 Å². The molecule has 3 rings (SSSR count). The lowest BCUT2D eigenvalue weighted by Crippen LogP contribution is -2.24. The Bertz CT molecular complexity index is 561. The third kappa shape index (κ3) is 3.05. The van der Waals surface area contributed by atoms with E-state index in [9.17, 15) is 4.79 Å². The van der Waals surface area contributed by atoms with Gasteiger partial charge in [-0.2, -0.15) is 5.10 Å². The molecule has 1 aromatic heterocycles. The van der Waals surface area contributed by atoms with Crippen LogP contribution in [0.5, 0.6) is 0 Å². The van der Waals surface area contributed by atoms with Gasteiger partial charge >= 0.3 is 0 Å². The number of nitrogens with one attached hydrogen (secondary N) is 1. The lowest BCUT2D eigenvalue weighted by molar-refractivity contribution is 0.0955. The first kappa shape index (κ1) is 14.8. The molecule has 2 saturated carbocycles. The van der Waals surface area contributed by atoms with Crippen LogP contribution in [0.1, 0.15) is 67.6 Å². The van der Waals surface area contributed by atoms with Crippen LogP contribution in [0.15, 0.2) is 16.5 Å². The van der Waals surface area contributed by atoms with Crippen LogP contribution >= 0.6 is 11.3 Å². The Balaban J connectivity index is 1.60. The molecular formula is C17H24N2OS. The van der Waals surface area contributed by atoms with Crippen molar-refractivity contribution in [1.29, 1.82) is 0 Å². The molecule has 21 heavy (non-hydrogen) atoms. The minimum Gasteiger partial charge on any atom is -0.267 e. The van der Waals surface area contributed by atoms with Crippen LogP contribution in [0.3, 0.4) is 0 Å². The van der Waals surface area contributed by atoms with Crippen molar-refractivity contribution >= 4 is 23.0 Å². The van der Waals surface area contributed by atoms with Crippen LogP contribution in [0.4, 0.5) is 0 Å². The summed E-state index contributed by atoms with van der Waals surface area (Å²) in [7, 11) is 0. The van der Waals surface area contributed by atoms with Crippen LogP contribution in [0.2, 0.25) is 0 Å². The number of amides is 1. The summed E-state index contributed by atoms with van der Waals surface area (Å²) in [5, 5.41) is 6.30. The highest BCUT2D eigenvalue weighted by atomic mass is 32.1. The fourth-order valence-electron chi connectivity index (χ4n) is 3.82. The van der Waals surface area contributed by atoms with Crippen molar-refractivity contribution < 1.29 is 4.79 Å². The smallest absolute Gasteiger partial charge is 0.267 e. The average Bonchev–Trinajstić information content (AvgIpc) is 3.18. The van der Waals surface area contributed by atoms with E-state index in [4.69, 9.17) is 0 Å². The standard InChI is InChI=1S/C17H24N2OS/c1-10(2)16-8-14(9-21-16)17(20)19-18-11(3)15-7-12-4-5-13(15)6-12/h8-10,12-13,15H,4-7H2,1-3H3,(H,19,20)/b18-11-/t12-,13+,15+/m0/s1. The Morgan fingerprint density at radius 3 is 2.76 bits per heavy atom. The monoisotopic (exact) mass is 304 g/mol. The molecule has 0 aliphatic heterocycles. The molecule has 2 aliphatic rings. The first-order chi connectivity index (χ1) is 10.0. The van der Waals surface area contributed by atoms with E-state index >= 15 is 0 Å². The summed E-state index contributed by atoms with van der Waals surface area (Å²) in [5.74, 6) is 2.70. The predicted octanol–water partition coefficient (Wildman–Crippen LogP) is 4.41. The predicted molar refractivity (Wildman–Crippen MR) is 87.9 cm³/mol. The second-order valence-electron chi connectivity index (χ2n) is 6.87. The minimum absolute atomic E-state index is 0.0827. The number of rotatable bonds is 4. The molecule has 1 aromatic rings. The highest BCUT2D eigenvalue weighted by molar-refractivity contribution is 7.10. The second-order valence-corrected chi connectivity index (χ2v) is 7.81. The lowest BCUT2D eigenvalue weighted by atomic mass is 9.86. The summed E-state index contributed by atoms with van der Waals surface area (Å²) in [6.45, 7) is 6.36. The van der Waals surface area contributed by atoms with E-state index < -0.39 is 0 Å². The molecule has 2 fully saturated rings. The fourth-order valence-corrected chi connectivity index (χ4v) is 4.72. The maximum Gasteiger partial charge on any atom is 0.272 e. The molecule has 1 N–H and O–H groups in total. The van der Waals surface area contributed by atoms with Crippen LogP contribution in [0, 0.1) is 17.8 Å². The van der Waals surface area contributed by atoms with Crippen LogP contribution in [-0.4, -0.2) is 11.6 Å². The van der Waals surface area contributed by atoms with Crippen molar-refractivity contribution in [2.24, 2.45) is 22.9 Å². The van der Waals surface area contributed by atoms with Gasteiger partial charge < -0.3 is 0 Å². The zero-order valence-corrected chi connectivity index (χ0v) is 13.9. The largest absolute Gasteiger partial charge is 0.272 e. The van der Waals surface area contributed by atoms with Crippen molar-refractivity contribution in [3.05, 3.63) is 21.9 Å². The van der Waals surface area contributed by atoms with E-state index in [2.05, 4.69) is 31.3 Å². The summed E-state index contributed by atoms with van der Waals surface area (Å²) in [6.07, 6.45) is 5.38. The number of fused-ring (bicyclic) bond motifs is 2. The summed E-state index contributed by atoms with van der Waals surface area (Å²) >= 11 is 1.65. The van der Waals surface area contributed by atoms with E-state index in [0.29, 0.717) is 11.8 Å². The molecule has 1 heterocycles. The Morgan fingerprint density at radius 2 is 2.19 bits per heavy atom. The third-order valence-electron chi connectivity index (χ3n) is 5.06. The SMILES string of the molecule is C/C(=N/NC(=O)c1csc(C(C)C)c1)[C@H]1C[C@H]2CC[C@@H]1C2. The van der Waals surface area contributed by atoms with Gasteiger partial charge in [0, 0.05) is 21.9 Å². The normalized spacial score (nSPS) is 28.4. The van der Waals surface area contributed by atoms with E-state index in [-0.39, 0.29) is 5.91 Å². The van der Waals surface area contributed by atoms with Gasteiger partial charge in [-0.3, -0.25) is 4.79 Å². The van der Waals surface area contributed by atoms with Crippen LogP contribution in [0.25, 0.3) is 0 Å². The second kappa shape index (κ2) is 5.91. The number of hydrogen-bond donors (Lipinski definition) is 1. The van der Waals surface area contributed by atoms with Gasteiger partial charge in [0.2, 0.25) is 0 Å². The molecule has 0 saturated heterocycles. The number of thiophene rings is 1. The molecule has 2 bridgehead atoms. The Morgan fingerprint density at radius 1 is 1.38 bits per heavy atom. The van der Waals surface area contributed by atoms with Crippen molar-refractivity contribution in [3.63, 3.8) is 0 Å². The summed E-state index contributed by atoms with van der Waals surface area (Å²) in [6, 6.07) is 1.98. The molecule has 1 amide bonds. The molecule has 114 valence electrons. The molecule has 0 unspecified atom stereocenters. The van der Waals surface area contributed by atoms with Crippen molar-refractivity contribution in [2.45, 2.75) is 52.4 Å². The summed E-state index contributed by atoms with van der Waals surface area (Å²) in [5.41, 5.74) is 4.58. The summed E-state index contributed by atoms with van der Waals surface area (Å²) < 4.78 is 0. The van der Waals surface area contributed by atoms with Gasteiger partial charge in [0.15, 0.2) is 0 Å². The molecule has 0 aromatic carbocycles. The first-order valence-electron chi connectivity index (χ1n) is 7.97. The highest BCUT2D eigenvalue weighted by Crippen LogP contribution is 2.48.